The number of benzene rings is 2. The smallest absolute Gasteiger partial charge is 0.0215 e. The van der Waals surface area contributed by atoms with Crippen LogP contribution in [0.2, 0.25) is 0 Å². The molecule has 0 amide bonds. The molecule has 0 saturated heterocycles. The van der Waals surface area contributed by atoms with E-state index in [2.05, 4.69) is 50.2 Å². The molecule has 0 saturated carbocycles. The summed E-state index contributed by atoms with van der Waals surface area (Å²) in [4.78, 5) is 0. The molecule has 2 aliphatic carbocycles. The van der Waals surface area contributed by atoms with E-state index in [4.69, 9.17) is 0 Å². The first-order valence-electron chi connectivity index (χ1n) is 13.6. The second-order valence-corrected chi connectivity index (χ2v) is 10.3. The number of hydrogen-bond donors (Lipinski definition) is 0. The van der Waals surface area contributed by atoms with Crippen LogP contribution >= 0.6 is 0 Å². The summed E-state index contributed by atoms with van der Waals surface area (Å²) in [5.74, 6) is 0. The SMILES string of the molecule is CCCCCCCCC1(CCCCCCCC)c2cccc3c2-c2c(cccc21)CC3. The molecule has 0 N–H and O–H groups in total. The summed E-state index contributed by atoms with van der Waals surface area (Å²) in [6, 6.07) is 14.5. The summed E-state index contributed by atoms with van der Waals surface area (Å²) in [6.07, 6.45) is 21.9. The second kappa shape index (κ2) is 10.8. The van der Waals surface area contributed by atoms with Crippen LogP contribution in [0.4, 0.5) is 0 Å². The van der Waals surface area contributed by atoms with Gasteiger partial charge in [-0.1, -0.05) is 127 Å². The van der Waals surface area contributed by atoms with Crippen LogP contribution < -0.4 is 0 Å². The number of rotatable bonds is 14. The fraction of sp³-hybridized carbons (Fsp3) is 0.613. The molecule has 2 aliphatic rings. The minimum absolute atomic E-state index is 0.274. The van der Waals surface area contributed by atoms with Gasteiger partial charge >= 0.3 is 0 Å². The van der Waals surface area contributed by atoms with Crippen molar-refractivity contribution in [2.75, 3.05) is 0 Å². The van der Waals surface area contributed by atoms with Gasteiger partial charge in [-0.3, -0.25) is 0 Å². The molecule has 2 aromatic carbocycles. The second-order valence-electron chi connectivity index (χ2n) is 10.3. The molecule has 0 nitrogen and oxygen atoms in total. The van der Waals surface area contributed by atoms with Gasteiger partial charge in [0.1, 0.15) is 0 Å². The summed E-state index contributed by atoms with van der Waals surface area (Å²) >= 11 is 0. The molecule has 31 heavy (non-hydrogen) atoms. The van der Waals surface area contributed by atoms with Gasteiger partial charge in [0.05, 0.1) is 0 Å². The van der Waals surface area contributed by atoms with Gasteiger partial charge in [-0.05, 0) is 59.1 Å². The summed E-state index contributed by atoms with van der Waals surface area (Å²) < 4.78 is 0. The number of aryl methyl sites for hydroxylation is 2. The van der Waals surface area contributed by atoms with E-state index in [1.165, 1.54) is 103 Å². The van der Waals surface area contributed by atoms with Crippen molar-refractivity contribution in [3.63, 3.8) is 0 Å². The first kappa shape index (κ1) is 22.6. The quantitative estimate of drug-likeness (QED) is 0.269. The highest BCUT2D eigenvalue weighted by atomic mass is 14.5. The lowest BCUT2D eigenvalue weighted by atomic mass is 9.70. The van der Waals surface area contributed by atoms with E-state index in [-0.39, 0.29) is 5.41 Å². The Labute approximate surface area is 191 Å². The van der Waals surface area contributed by atoms with Crippen LogP contribution in [0, 0.1) is 0 Å². The van der Waals surface area contributed by atoms with E-state index in [0.29, 0.717) is 0 Å². The maximum absolute atomic E-state index is 2.50. The molecule has 0 fully saturated rings. The van der Waals surface area contributed by atoms with Gasteiger partial charge in [0.25, 0.3) is 0 Å². The van der Waals surface area contributed by atoms with Crippen molar-refractivity contribution in [1.82, 2.24) is 0 Å². The molecule has 0 aliphatic heterocycles. The van der Waals surface area contributed by atoms with Crippen molar-refractivity contribution in [2.24, 2.45) is 0 Å². The summed E-state index contributed by atoms with van der Waals surface area (Å²) in [5.41, 5.74) is 10.2. The number of unbranched alkanes of at least 4 members (excludes halogenated alkanes) is 10. The Bertz CT molecular complexity index is 772. The van der Waals surface area contributed by atoms with Gasteiger partial charge < -0.3 is 0 Å². The monoisotopic (exact) mass is 416 g/mol. The van der Waals surface area contributed by atoms with Crippen LogP contribution in [-0.2, 0) is 18.3 Å². The Morgan fingerprint density at radius 1 is 0.548 bits per heavy atom. The van der Waals surface area contributed by atoms with Crippen LogP contribution in [0.1, 0.15) is 126 Å². The Hall–Kier alpha value is -1.56. The van der Waals surface area contributed by atoms with Crippen LogP contribution in [-0.4, -0.2) is 0 Å². The molecule has 0 unspecified atom stereocenters. The maximum atomic E-state index is 2.50. The zero-order valence-electron chi connectivity index (χ0n) is 20.3. The average molecular weight is 417 g/mol. The highest BCUT2D eigenvalue weighted by molar-refractivity contribution is 5.87. The summed E-state index contributed by atoms with van der Waals surface area (Å²) in [6.45, 7) is 4.64. The summed E-state index contributed by atoms with van der Waals surface area (Å²) in [5, 5.41) is 0. The third-order valence-electron chi connectivity index (χ3n) is 8.16. The Balaban J connectivity index is 1.58. The minimum Gasteiger partial charge on any atom is -0.0654 e. The van der Waals surface area contributed by atoms with Gasteiger partial charge in [0.15, 0.2) is 0 Å². The van der Waals surface area contributed by atoms with E-state index >= 15 is 0 Å². The van der Waals surface area contributed by atoms with Gasteiger partial charge in [0, 0.05) is 5.41 Å². The van der Waals surface area contributed by atoms with Crippen molar-refractivity contribution in [2.45, 2.75) is 122 Å². The molecule has 0 aromatic heterocycles. The minimum atomic E-state index is 0.274. The lowest BCUT2D eigenvalue weighted by Crippen LogP contribution is -2.25. The molecule has 0 atom stereocenters. The van der Waals surface area contributed by atoms with Crippen LogP contribution in [0.15, 0.2) is 36.4 Å². The fourth-order valence-electron chi connectivity index (χ4n) is 6.50. The fourth-order valence-corrected chi connectivity index (χ4v) is 6.50. The van der Waals surface area contributed by atoms with E-state index < -0.39 is 0 Å². The zero-order valence-corrected chi connectivity index (χ0v) is 20.3. The van der Waals surface area contributed by atoms with Gasteiger partial charge in [0.2, 0.25) is 0 Å². The standard InChI is InChI=1S/C31H44/c1-3-5-7-9-11-13-23-31(24-14-12-10-8-6-4-2)27-19-15-17-25-21-22-26-18-16-20-28(31)30(26)29(25)27/h15-20H,3-14,21-24H2,1-2H3. The highest BCUT2D eigenvalue weighted by Crippen LogP contribution is 2.57. The van der Waals surface area contributed by atoms with Crippen molar-refractivity contribution in [3.8, 4) is 11.1 Å². The van der Waals surface area contributed by atoms with Gasteiger partial charge in [-0.25, -0.2) is 0 Å². The molecule has 4 rings (SSSR count). The molecule has 168 valence electrons. The third-order valence-corrected chi connectivity index (χ3v) is 8.16. The van der Waals surface area contributed by atoms with Crippen molar-refractivity contribution in [3.05, 3.63) is 58.7 Å². The maximum Gasteiger partial charge on any atom is 0.0215 e. The van der Waals surface area contributed by atoms with Crippen molar-refractivity contribution >= 4 is 0 Å². The lowest BCUT2D eigenvalue weighted by Gasteiger charge is -2.33. The molecule has 0 spiro atoms. The van der Waals surface area contributed by atoms with Crippen molar-refractivity contribution < 1.29 is 0 Å². The van der Waals surface area contributed by atoms with Crippen LogP contribution in [0.3, 0.4) is 0 Å². The largest absolute Gasteiger partial charge is 0.0654 e. The molecule has 0 heteroatoms. The summed E-state index contributed by atoms with van der Waals surface area (Å²) in [7, 11) is 0. The molecular formula is C31H44. The molecule has 2 aromatic rings. The molecule has 0 bridgehead atoms. The Morgan fingerprint density at radius 3 is 1.42 bits per heavy atom. The van der Waals surface area contributed by atoms with E-state index in [1.807, 2.05) is 0 Å². The molecular weight excluding hydrogens is 372 g/mol. The topological polar surface area (TPSA) is 0 Å². The predicted molar refractivity (Wildman–Crippen MR) is 136 cm³/mol. The number of hydrogen-bond acceptors (Lipinski definition) is 0. The zero-order chi connectivity index (χ0) is 21.5. The highest BCUT2D eigenvalue weighted by Gasteiger charge is 2.44. The Morgan fingerprint density at radius 2 is 0.968 bits per heavy atom. The van der Waals surface area contributed by atoms with Crippen LogP contribution in [0.25, 0.3) is 11.1 Å². The average Bonchev–Trinajstić information content (AvgIpc) is 3.09. The lowest BCUT2D eigenvalue weighted by molar-refractivity contribution is 0.398. The van der Waals surface area contributed by atoms with Gasteiger partial charge in [-0.2, -0.15) is 0 Å². The van der Waals surface area contributed by atoms with E-state index in [9.17, 15) is 0 Å². The van der Waals surface area contributed by atoms with E-state index in [0.717, 1.165) is 0 Å². The Kier molecular flexibility index (Phi) is 7.91. The first-order valence-corrected chi connectivity index (χ1v) is 13.6. The molecule has 0 heterocycles. The predicted octanol–water partition coefficient (Wildman–Crippen LogP) is 9.55. The van der Waals surface area contributed by atoms with Crippen molar-refractivity contribution in [1.29, 1.82) is 0 Å². The third kappa shape index (κ3) is 4.64. The first-order chi connectivity index (χ1) is 15.3. The van der Waals surface area contributed by atoms with E-state index in [1.54, 1.807) is 33.4 Å². The van der Waals surface area contributed by atoms with Gasteiger partial charge in [-0.15, -0.1) is 0 Å². The molecule has 0 radical (unpaired) electrons. The van der Waals surface area contributed by atoms with Crippen LogP contribution in [0.5, 0.6) is 0 Å². The normalized spacial score (nSPS) is 15.3.